The quantitative estimate of drug-likeness (QED) is 0.850. The van der Waals surface area contributed by atoms with Crippen molar-refractivity contribution in [2.75, 3.05) is 5.32 Å². The number of carbonyl (C=O) groups excluding carboxylic acids is 1. The van der Waals surface area contributed by atoms with Gasteiger partial charge in [-0.25, -0.2) is 4.98 Å². The van der Waals surface area contributed by atoms with Crippen LogP contribution in [0, 0.1) is 0 Å². The molecule has 1 aromatic carbocycles. The third-order valence-corrected chi connectivity index (χ3v) is 2.36. The molecule has 0 fully saturated rings. The predicted molar refractivity (Wildman–Crippen MR) is 64.3 cm³/mol. The molecule has 0 atom stereocenters. The van der Waals surface area contributed by atoms with Gasteiger partial charge in [0, 0.05) is 6.20 Å². The Bertz CT molecular complexity index is 589. The van der Waals surface area contributed by atoms with E-state index < -0.39 is 5.91 Å². The molecule has 1 amide bonds. The van der Waals surface area contributed by atoms with Crippen molar-refractivity contribution >= 4 is 23.2 Å². The summed E-state index contributed by atoms with van der Waals surface area (Å²) in [7, 11) is 0. The van der Waals surface area contributed by atoms with Gasteiger partial charge in [-0.2, -0.15) is 0 Å². The number of anilines is 1. The second-order valence-corrected chi connectivity index (χ2v) is 3.64. The van der Waals surface area contributed by atoms with Crippen LogP contribution >= 0.6 is 11.6 Å². The first-order chi connectivity index (χ1) is 8.16. The number of rotatable bonds is 2. The van der Waals surface area contributed by atoms with Gasteiger partial charge in [0.1, 0.15) is 5.69 Å². The fraction of sp³-hybridized carbons (Fsp3) is 0. The molecule has 0 aliphatic carbocycles. The van der Waals surface area contributed by atoms with Crippen LogP contribution in [0.5, 0.6) is 0 Å². The molecule has 2 N–H and O–H groups in total. The number of carbonyl (C=O) groups is 1. The topological polar surface area (TPSA) is 74.8 Å². The van der Waals surface area contributed by atoms with Crippen molar-refractivity contribution in [1.29, 1.82) is 0 Å². The summed E-state index contributed by atoms with van der Waals surface area (Å²) in [4.78, 5) is 28.6. The first kappa shape index (κ1) is 11.3. The van der Waals surface area contributed by atoms with Crippen molar-refractivity contribution in [2.24, 2.45) is 0 Å². The van der Waals surface area contributed by atoms with Gasteiger partial charge < -0.3 is 10.3 Å². The van der Waals surface area contributed by atoms with Crippen LogP contribution in [-0.2, 0) is 0 Å². The number of hydrogen-bond donors (Lipinski definition) is 2. The van der Waals surface area contributed by atoms with Crippen LogP contribution in [0.1, 0.15) is 10.5 Å². The lowest BCUT2D eigenvalue weighted by Crippen LogP contribution is -2.17. The Balaban J connectivity index is 2.20. The molecule has 0 radical (unpaired) electrons. The fourth-order valence-electron chi connectivity index (χ4n) is 1.22. The lowest BCUT2D eigenvalue weighted by molar-refractivity contribution is 0.102. The predicted octanol–water partition coefficient (Wildman–Crippen LogP) is 1.68. The van der Waals surface area contributed by atoms with Crippen LogP contribution in [0.3, 0.4) is 0 Å². The van der Waals surface area contributed by atoms with Gasteiger partial charge in [-0.3, -0.25) is 9.59 Å². The zero-order valence-corrected chi connectivity index (χ0v) is 9.36. The molecule has 0 spiro atoms. The SMILES string of the molecule is O=C(Nc1ccccc1Cl)c1c[nH]c(=O)cn1. The zero-order chi connectivity index (χ0) is 12.3. The Morgan fingerprint density at radius 1 is 1.35 bits per heavy atom. The molecule has 0 saturated heterocycles. The Morgan fingerprint density at radius 2 is 2.12 bits per heavy atom. The summed E-state index contributed by atoms with van der Waals surface area (Å²) in [5, 5.41) is 3.03. The average molecular weight is 250 g/mol. The van der Waals surface area contributed by atoms with Gasteiger partial charge in [-0.05, 0) is 12.1 Å². The van der Waals surface area contributed by atoms with Crippen LogP contribution < -0.4 is 10.9 Å². The van der Waals surface area contributed by atoms with Crippen LogP contribution in [-0.4, -0.2) is 15.9 Å². The minimum atomic E-state index is -0.436. The highest BCUT2D eigenvalue weighted by atomic mass is 35.5. The van der Waals surface area contributed by atoms with Gasteiger partial charge >= 0.3 is 0 Å². The molecule has 17 heavy (non-hydrogen) atoms. The molecule has 86 valence electrons. The van der Waals surface area contributed by atoms with E-state index in [1.807, 2.05) is 0 Å². The minimum absolute atomic E-state index is 0.115. The molecule has 0 aliphatic rings. The highest BCUT2D eigenvalue weighted by Gasteiger charge is 2.09. The summed E-state index contributed by atoms with van der Waals surface area (Å²) >= 11 is 5.89. The lowest BCUT2D eigenvalue weighted by atomic mass is 10.3. The third-order valence-electron chi connectivity index (χ3n) is 2.03. The zero-order valence-electron chi connectivity index (χ0n) is 8.61. The standard InChI is InChI=1S/C11H8ClN3O2/c12-7-3-1-2-4-8(7)15-11(17)9-5-14-10(16)6-13-9/h1-6H,(H,14,16)(H,15,17). The van der Waals surface area contributed by atoms with Crippen LogP contribution in [0.25, 0.3) is 0 Å². The molecule has 0 unspecified atom stereocenters. The summed E-state index contributed by atoms with van der Waals surface area (Å²) in [6.45, 7) is 0. The summed E-state index contributed by atoms with van der Waals surface area (Å²) in [5.41, 5.74) is 0.246. The average Bonchev–Trinajstić information content (AvgIpc) is 2.33. The Kier molecular flexibility index (Phi) is 3.20. The lowest BCUT2D eigenvalue weighted by Gasteiger charge is -2.05. The second kappa shape index (κ2) is 4.80. The Morgan fingerprint density at radius 3 is 2.76 bits per heavy atom. The van der Waals surface area contributed by atoms with Gasteiger partial charge in [0.05, 0.1) is 16.9 Å². The maximum Gasteiger partial charge on any atom is 0.275 e. The van der Waals surface area contributed by atoms with Gasteiger partial charge in [0.2, 0.25) is 0 Å². The molecule has 5 nitrogen and oxygen atoms in total. The molecule has 2 aromatic rings. The molecule has 0 bridgehead atoms. The minimum Gasteiger partial charge on any atom is -0.325 e. The number of hydrogen-bond acceptors (Lipinski definition) is 3. The van der Waals surface area contributed by atoms with Crippen molar-refractivity contribution < 1.29 is 4.79 Å². The van der Waals surface area contributed by atoms with Crippen LogP contribution in [0.15, 0.2) is 41.5 Å². The number of para-hydroxylation sites is 1. The number of nitrogens with one attached hydrogen (secondary N) is 2. The third kappa shape index (κ3) is 2.70. The maximum atomic E-state index is 11.7. The van der Waals surface area contributed by atoms with Gasteiger partial charge in [-0.1, -0.05) is 23.7 Å². The highest BCUT2D eigenvalue weighted by Crippen LogP contribution is 2.20. The molecule has 2 rings (SSSR count). The van der Waals surface area contributed by atoms with Crippen LogP contribution in [0.2, 0.25) is 5.02 Å². The number of benzene rings is 1. The normalized spacial score (nSPS) is 9.94. The van der Waals surface area contributed by atoms with E-state index >= 15 is 0 Å². The Labute approximate surface area is 101 Å². The van der Waals surface area contributed by atoms with E-state index in [9.17, 15) is 9.59 Å². The number of nitrogens with zero attached hydrogens (tertiary/aromatic N) is 1. The monoisotopic (exact) mass is 249 g/mol. The summed E-state index contributed by atoms with van der Waals surface area (Å²) < 4.78 is 0. The van der Waals surface area contributed by atoms with Crippen molar-refractivity contribution in [3.8, 4) is 0 Å². The van der Waals surface area contributed by atoms with Gasteiger partial charge in [0.25, 0.3) is 11.5 Å². The Hall–Kier alpha value is -2.14. The summed E-state index contributed by atoms with van der Waals surface area (Å²) in [6, 6.07) is 6.85. The van der Waals surface area contributed by atoms with E-state index in [-0.39, 0.29) is 11.3 Å². The van der Waals surface area contributed by atoms with E-state index in [0.29, 0.717) is 10.7 Å². The first-order valence-electron chi connectivity index (χ1n) is 4.77. The highest BCUT2D eigenvalue weighted by molar-refractivity contribution is 6.33. The molecule has 0 saturated carbocycles. The second-order valence-electron chi connectivity index (χ2n) is 3.23. The smallest absolute Gasteiger partial charge is 0.275 e. The first-order valence-corrected chi connectivity index (χ1v) is 5.15. The van der Waals surface area contributed by atoms with Crippen LogP contribution in [0.4, 0.5) is 5.69 Å². The van der Waals surface area contributed by atoms with Crippen molar-refractivity contribution in [1.82, 2.24) is 9.97 Å². The van der Waals surface area contributed by atoms with E-state index in [0.717, 1.165) is 6.20 Å². The summed E-state index contributed by atoms with van der Waals surface area (Å²) in [6.07, 6.45) is 2.29. The van der Waals surface area contributed by atoms with Crippen molar-refractivity contribution in [3.63, 3.8) is 0 Å². The van der Waals surface area contributed by atoms with E-state index in [2.05, 4.69) is 15.3 Å². The molecule has 1 heterocycles. The number of halogens is 1. The van der Waals surface area contributed by atoms with E-state index in [4.69, 9.17) is 11.6 Å². The number of aromatic nitrogens is 2. The largest absolute Gasteiger partial charge is 0.325 e. The molecular formula is C11H8ClN3O2. The van der Waals surface area contributed by atoms with Gasteiger partial charge in [-0.15, -0.1) is 0 Å². The van der Waals surface area contributed by atoms with Crippen molar-refractivity contribution in [3.05, 3.63) is 57.7 Å². The fourth-order valence-corrected chi connectivity index (χ4v) is 1.40. The molecule has 1 aromatic heterocycles. The molecule has 0 aliphatic heterocycles. The summed E-state index contributed by atoms with van der Waals surface area (Å²) in [5.74, 6) is -0.436. The van der Waals surface area contributed by atoms with E-state index in [1.54, 1.807) is 24.3 Å². The van der Waals surface area contributed by atoms with Crippen molar-refractivity contribution in [2.45, 2.75) is 0 Å². The molecule has 6 heteroatoms. The molecular weight excluding hydrogens is 242 g/mol. The van der Waals surface area contributed by atoms with E-state index in [1.165, 1.54) is 6.20 Å². The van der Waals surface area contributed by atoms with Gasteiger partial charge in [0.15, 0.2) is 0 Å². The number of amides is 1. The number of aromatic amines is 1. The maximum absolute atomic E-state index is 11.7. The number of H-pyrrole nitrogens is 1.